The lowest BCUT2D eigenvalue weighted by Crippen LogP contribution is -2.27. The molecule has 1 saturated carbocycles. The molecular weight excluding hydrogens is 174 g/mol. The van der Waals surface area contributed by atoms with Gasteiger partial charge in [-0.05, 0) is 32.1 Å². The van der Waals surface area contributed by atoms with Crippen LogP contribution < -0.4 is 5.32 Å². The highest BCUT2D eigenvalue weighted by atomic mass is 15.1. The van der Waals surface area contributed by atoms with Crippen molar-refractivity contribution in [2.24, 2.45) is 7.05 Å². The van der Waals surface area contributed by atoms with Crippen LogP contribution >= 0.6 is 0 Å². The molecule has 0 spiro atoms. The molecule has 0 bridgehead atoms. The second kappa shape index (κ2) is 3.09. The van der Waals surface area contributed by atoms with Gasteiger partial charge >= 0.3 is 0 Å². The Hall–Kier alpha value is -0.830. The van der Waals surface area contributed by atoms with Crippen molar-refractivity contribution >= 4 is 0 Å². The fourth-order valence-electron chi connectivity index (χ4n) is 2.38. The lowest BCUT2D eigenvalue weighted by atomic mass is 9.96. The number of aryl methyl sites for hydroxylation is 1. The zero-order valence-corrected chi connectivity index (χ0v) is 8.66. The minimum atomic E-state index is 0.535. The van der Waals surface area contributed by atoms with Crippen LogP contribution in [0.15, 0.2) is 6.33 Å². The highest BCUT2D eigenvalue weighted by Crippen LogP contribution is 2.31. The van der Waals surface area contributed by atoms with E-state index < -0.39 is 0 Å². The molecule has 0 radical (unpaired) electrons. The van der Waals surface area contributed by atoms with Gasteiger partial charge in [-0.1, -0.05) is 0 Å². The summed E-state index contributed by atoms with van der Waals surface area (Å²) in [6.45, 7) is 0. The number of hydrogen-bond donors (Lipinski definition) is 1. The Kier molecular flexibility index (Phi) is 1.87. The summed E-state index contributed by atoms with van der Waals surface area (Å²) in [4.78, 5) is 4.52. The topological polar surface area (TPSA) is 29.9 Å². The van der Waals surface area contributed by atoms with E-state index >= 15 is 0 Å². The third-order valence-electron chi connectivity index (χ3n) is 3.34. The van der Waals surface area contributed by atoms with Crippen molar-refractivity contribution in [2.75, 3.05) is 0 Å². The molecule has 0 amide bonds. The van der Waals surface area contributed by atoms with Crippen LogP contribution in [0.5, 0.6) is 0 Å². The molecule has 0 saturated heterocycles. The van der Waals surface area contributed by atoms with Crippen molar-refractivity contribution in [3.63, 3.8) is 0 Å². The monoisotopic (exact) mass is 191 g/mol. The summed E-state index contributed by atoms with van der Waals surface area (Å²) in [5.41, 5.74) is 2.75. The van der Waals surface area contributed by atoms with Crippen LogP contribution in [0.4, 0.5) is 0 Å². The van der Waals surface area contributed by atoms with Crippen LogP contribution in [0.2, 0.25) is 0 Å². The molecule has 1 aromatic rings. The number of hydrogen-bond acceptors (Lipinski definition) is 2. The molecule has 14 heavy (non-hydrogen) atoms. The summed E-state index contributed by atoms with van der Waals surface area (Å²) >= 11 is 0. The third-order valence-corrected chi connectivity index (χ3v) is 3.34. The smallest absolute Gasteiger partial charge is 0.0949 e. The summed E-state index contributed by atoms with van der Waals surface area (Å²) in [6, 6.07) is 1.32. The molecule has 76 valence electrons. The normalized spacial score (nSPS) is 26.2. The maximum Gasteiger partial charge on any atom is 0.0949 e. The van der Waals surface area contributed by atoms with Gasteiger partial charge in [-0.25, -0.2) is 4.98 Å². The molecular formula is C11H17N3. The average molecular weight is 191 g/mol. The molecule has 2 aliphatic carbocycles. The van der Waals surface area contributed by atoms with Crippen molar-refractivity contribution in [2.45, 2.75) is 44.2 Å². The van der Waals surface area contributed by atoms with Crippen molar-refractivity contribution in [1.29, 1.82) is 0 Å². The minimum Gasteiger partial charge on any atom is -0.337 e. The maximum atomic E-state index is 4.52. The SMILES string of the molecule is Cn1cnc2c1CCC[C@H]2NC1CC1. The predicted molar refractivity (Wildman–Crippen MR) is 55.0 cm³/mol. The Morgan fingerprint density at radius 2 is 2.29 bits per heavy atom. The highest BCUT2D eigenvalue weighted by Gasteiger charge is 2.29. The molecule has 1 heterocycles. The zero-order valence-electron chi connectivity index (χ0n) is 8.66. The van der Waals surface area contributed by atoms with Gasteiger partial charge in [0.15, 0.2) is 0 Å². The van der Waals surface area contributed by atoms with E-state index in [2.05, 4.69) is 21.9 Å². The van der Waals surface area contributed by atoms with E-state index in [0.717, 1.165) is 6.04 Å². The zero-order chi connectivity index (χ0) is 9.54. The van der Waals surface area contributed by atoms with E-state index in [1.165, 1.54) is 43.5 Å². The molecule has 1 aromatic heterocycles. The second-order valence-electron chi connectivity index (χ2n) is 4.57. The Labute approximate surface area is 84.5 Å². The van der Waals surface area contributed by atoms with Crippen LogP contribution in [-0.4, -0.2) is 15.6 Å². The quantitative estimate of drug-likeness (QED) is 0.768. The number of nitrogens with one attached hydrogen (secondary N) is 1. The lowest BCUT2D eigenvalue weighted by molar-refractivity contribution is 0.443. The standard InChI is InChI=1S/C11H17N3/c1-14-7-12-11-9(13-8-5-6-8)3-2-4-10(11)14/h7-9,13H,2-6H2,1H3/t9-/m1/s1. The van der Waals surface area contributed by atoms with E-state index in [1.54, 1.807) is 0 Å². The highest BCUT2D eigenvalue weighted by molar-refractivity contribution is 5.20. The Balaban J connectivity index is 1.86. The summed E-state index contributed by atoms with van der Waals surface area (Å²) < 4.78 is 2.18. The molecule has 3 nitrogen and oxygen atoms in total. The first-order valence-corrected chi connectivity index (χ1v) is 5.61. The first kappa shape index (κ1) is 8.48. The number of fused-ring (bicyclic) bond motifs is 1. The average Bonchev–Trinajstić information content (AvgIpc) is 2.92. The molecule has 0 aliphatic heterocycles. The molecule has 0 unspecified atom stereocenters. The fourth-order valence-corrected chi connectivity index (χ4v) is 2.38. The van der Waals surface area contributed by atoms with Crippen LogP contribution in [-0.2, 0) is 13.5 Å². The van der Waals surface area contributed by atoms with Crippen molar-refractivity contribution < 1.29 is 0 Å². The molecule has 0 aromatic carbocycles. The predicted octanol–water partition coefficient (Wildman–Crippen LogP) is 1.55. The summed E-state index contributed by atoms with van der Waals surface area (Å²) in [7, 11) is 2.10. The van der Waals surface area contributed by atoms with Gasteiger partial charge in [-0.2, -0.15) is 0 Å². The van der Waals surface area contributed by atoms with Gasteiger partial charge in [0.05, 0.1) is 18.1 Å². The van der Waals surface area contributed by atoms with Crippen LogP contribution in [0.25, 0.3) is 0 Å². The van der Waals surface area contributed by atoms with Gasteiger partial charge in [0.1, 0.15) is 0 Å². The van der Waals surface area contributed by atoms with E-state index in [9.17, 15) is 0 Å². The Bertz CT molecular complexity index is 338. The maximum absolute atomic E-state index is 4.52. The fraction of sp³-hybridized carbons (Fsp3) is 0.727. The molecule has 2 aliphatic rings. The molecule has 1 N–H and O–H groups in total. The van der Waals surface area contributed by atoms with Gasteiger partial charge in [-0.3, -0.25) is 0 Å². The van der Waals surface area contributed by atoms with Crippen LogP contribution in [0.1, 0.15) is 43.1 Å². The summed E-state index contributed by atoms with van der Waals surface area (Å²) in [5.74, 6) is 0. The largest absolute Gasteiger partial charge is 0.337 e. The Morgan fingerprint density at radius 3 is 3.07 bits per heavy atom. The second-order valence-corrected chi connectivity index (χ2v) is 4.57. The van der Waals surface area contributed by atoms with Crippen molar-refractivity contribution in [3.05, 3.63) is 17.7 Å². The van der Waals surface area contributed by atoms with Gasteiger partial charge < -0.3 is 9.88 Å². The van der Waals surface area contributed by atoms with Gasteiger partial charge in [0.2, 0.25) is 0 Å². The van der Waals surface area contributed by atoms with Crippen molar-refractivity contribution in [3.8, 4) is 0 Å². The van der Waals surface area contributed by atoms with E-state index in [-0.39, 0.29) is 0 Å². The number of aromatic nitrogens is 2. The number of nitrogens with zero attached hydrogens (tertiary/aromatic N) is 2. The molecule has 1 fully saturated rings. The minimum absolute atomic E-state index is 0.535. The van der Waals surface area contributed by atoms with Crippen LogP contribution in [0.3, 0.4) is 0 Å². The number of imidazole rings is 1. The van der Waals surface area contributed by atoms with Crippen LogP contribution in [0, 0.1) is 0 Å². The van der Waals surface area contributed by atoms with E-state index in [1.807, 2.05) is 6.33 Å². The first-order valence-electron chi connectivity index (χ1n) is 5.61. The Morgan fingerprint density at radius 1 is 1.43 bits per heavy atom. The van der Waals surface area contributed by atoms with Gasteiger partial charge in [0, 0.05) is 18.8 Å². The number of rotatable bonds is 2. The van der Waals surface area contributed by atoms with Crippen molar-refractivity contribution in [1.82, 2.24) is 14.9 Å². The van der Waals surface area contributed by atoms with E-state index in [4.69, 9.17) is 0 Å². The molecule has 3 heteroatoms. The van der Waals surface area contributed by atoms with E-state index in [0.29, 0.717) is 6.04 Å². The van der Waals surface area contributed by atoms with Gasteiger partial charge in [-0.15, -0.1) is 0 Å². The third kappa shape index (κ3) is 1.36. The molecule has 1 atom stereocenters. The summed E-state index contributed by atoms with van der Waals surface area (Å²) in [5, 5.41) is 3.69. The lowest BCUT2D eigenvalue weighted by Gasteiger charge is -2.23. The van der Waals surface area contributed by atoms with Gasteiger partial charge in [0.25, 0.3) is 0 Å². The summed E-state index contributed by atoms with van der Waals surface area (Å²) in [6.07, 6.45) is 8.45. The molecule has 3 rings (SSSR count). The first-order chi connectivity index (χ1) is 6.84.